The zero-order valence-corrected chi connectivity index (χ0v) is 10.8. The Morgan fingerprint density at radius 3 is 2.41 bits per heavy atom. The topological polar surface area (TPSA) is 52.3 Å². The van der Waals surface area contributed by atoms with Crippen LogP contribution in [-0.2, 0) is 11.2 Å². The van der Waals surface area contributed by atoms with Gasteiger partial charge in [-0.25, -0.2) is 0 Å². The number of rotatable bonds is 6. The van der Waals surface area contributed by atoms with Crippen molar-refractivity contribution in [1.82, 2.24) is 0 Å². The van der Waals surface area contributed by atoms with Crippen LogP contribution in [-0.4, -0.2) is 18.4 Å². The van der Waals surface area contributed by atoms with Gasteiger partial charge in [-0.15, -0.1) is 0 Å². The summed E-state index contributed by atoms with van der Waals surface area (Å²) in [6, 6.07) is 7.56. The van der Waals surface area contributed by atoms with E-state index < -0.39 is 5.54 Å². The molecule has 0 aromatic heterocycles. The number of para-hydroxylation sites is 1. The van der Waals surface area contributed by atoms with Crippen LogP contribution in [0.2, 0.25) is 0 Å². The normalized spacial score (nSPS) is 11.3. The highest BCUT2D eigenvalue weighted by Crippen LogP contribution is 2.22. The molecule has 3 heteroatoms. The van der Waals surface area contributed by atoms with Gasteiger partial charge in [0.05, 0.1) is 12.6 Å². The predicted octanol–water partition coefficient (Wildman–Crippen LogP) is 2.32. The minimum absolute atomic E-state index is 0.0759. The van der Waals surface area contributed by atoms with Gasteiger partial charge in [0.15, 0.2) is 5.78 Å². The fraction of sp³-hybridized carbons (Fsp3) is 0.500. The number of benzene rings is 1. The van der Waals surface area contributed by atoms with Gasteiger partial charge in [-0.2, -0.15) is 0 Å². The van der Waals surface area contributed by atoms with E-state index in [-0.39, 0.29) is 5.78 Å². The second kappa shape index (κ2) is 5.82. The minimum atomic E-state index is -0.707. The third-order valence-corrected chi connectivity index (χ3v) is 3.36. The Balaban J connectivity index is 2.87. The van der Waals surface area contributed by atoms with E-state index in [2.05, 4.69) is 0 Å². The lowest BCUT2D eigenvalue weighted by Crippen LogP contribution is -2.47. The van der Waals surface area contributed by atoms with Crippen molar-refractivity contribution in [3.8, 4) is 5.75 Å². The summed E-state index contributed by atoms with van der Waals surface area (Å²) in [5.74, 6) is 0.822. The van der Waals surface area contributed by atoms with Crippen molar-refractivity contribution in [1.29, 1.82) is 0 Å². The Kier molecular flexibility index (Phi) is 4.70. The zero-order chi connectivity index (χ0) is 12.9. The molecule has 0 saturated carbocycles. The Bertz CT molecular complexity index is 384. The summed E-state index contributed by atoms with van der Waals surface area (Å²) in [4.78, 5) is 12.2. The molecule has 0 radical (unpaired) electrons. The largest absolute Gasteiger partial charge is 0.496 e. The van der Waals surface area contributed by atoms with Gasteiger partial charge in [0.2, 0.25) is 0 Å². The lowest BCUT2D eigenvalue weighted by molar-refractivity contribution is -0.123. The van der Waals surface area contributed by atoms with Crippen molar-refractivity contribution in [2.24, 2.45) is 5.73 Å². The average Bonchev–Trinajstić information content (AvgIpc) is 2.38. The molecule has 0 aliphatic carbocycles. The Morgan fingerprint density at radius 2 is 1.88 bits per heavy atom. The van der Waals surface area contributed by atoms with E-state index in [9.17, 15) is 4.79 Å². The third kappa shape index (κ3) is 3.07. The highest BCUT2D eigenvalue weighted by Gasteiger charge is 2.29. The van der Waals surface area contributed by atoms with E-state index in [4.69, 9.17) is 10.5 Å². The van der Waals surface area contributed by atoms with E-state index in [1.165, 1.54) is 0 Å². The van der Waals surface area contributed by atoms with Gasteiger partial charge >= 0.3 is 0 Å². The number of methoxy groups -OCH3 is 1. The van der Waals surface area contributed by atoms with Gasteiger partial charge in [-0.1, -0.05) is 32.0 Å². The molecular formula is C14H21NO2. The molecule has 0 heterocycles. The van der Waals surface area contributed by atoms with Gasteiger partial charge in [-0.05, 0) is 18.9 Å². The summed E-state index contributed by atoms with van der Waals surface area (Å²) in [6.45, 7) is 3.90. The van der Waals surface area contributed by atoms with Crippen LogP contribution in [0.3, 0.4) is 0 Å². The summed E-state index contributed by atoms with van der Waals surface area (Å²) >= 11 is 0. The highest BCUT2D eigenvalue weighted by molar-refractivity contribution is 5.90. The number of hydrogen-bond donors (Lipinski definition) is 1. The molecule has 0 spiro atoms. The number of ether oxygens (including phenoxy) is 1. The maximum Gasteiger partial charge on any atom is 0.157 e. The van der Waals surface area contributed by atoms with E-state index in [0.29, 0.717) is 19.3 Å². The van der Waals surface area contributed by atoms with Crippen molar-refractivity contribution in [2.45, 2.75) is 38.6 Å². The summed E-state index contributed by atoms with van der Waals surface area (Å²) in [5, 5.41) is 0. The molecule has 0 saturated heterocycles. The molecule has 0 bridgehead atoms. The third-order valence-electron chi connectivity index (χ3n) is 3.36. The fourth-order valence-electron chi connectivity index (χ4n) is 1.84. The number of ketones is 1. The van der Waals surface area contributed by atoms with Crippen LogP contribution < -0.4 is 10.5 Å². The average molecular weight is 235 g/mol. The molecule has 2 N–H and O–H groups in total. The van der Waals surface area contributed by atoms with Crippen molar-refractivity contribution in [2.75, 3.05) is 7.11 Å². The molecule has 3 nitrogen and oxygen atoms in total. The van der Waals surface area contributed by atoms with Crippen molar-refractivity contribution in [3.05, 3.63) is 29.8 Å². The first-order valence-electron chi connectivity index (χ1n) is 6.01. The Labute approximate surface area is 103 Å². The smallest absolute Gasteiger partial charge is 0.157 e. The summed E-state index contributed by atoms with van der Waals surface area (Å²) in [6.07, 6.45) is 1.66. The van der Waals surface area contributed by atoms with Crippen LogP contribution in [0.15, 0.2) is 24.3 Å². The SMILES string of the molecule is CCC(N)(CC)C(=O)Cc1ccccc1OC. The number of carbonyl (C=O) groups excluding carboxylic acids is 1. The lowest BCUT2D eigenvalue weighted by Gasteiger charge is -2.25. The summed E-state index contributed by atoms with van der Waals surface area (Å²) in [7, 11) is 1.61. The summed E-state index contributed by atoms with van der Waals surface area (Å²) < 4.78 is 5.23. The second-order valence-corrected chi connectivity index (χ2v) is 4.28. The van der Waals surface area contributed by atoms with Crippen LogP contribution >= 0.6 is 0 Å². The molecule has 0 amide bonds. The fourth-order valence-corrected chi connectivity index (χ4v) is 1.84. The van der Waals surface area contributed by atoms with Crippen LogP contribution in [0.4, 0.5) is 0 Å². The quantitative estimate of drug-likeness (QED) is 0.823. The Hall–Kier alpha value is -1.35. The van der Waals surface area contributed by atoms with E-state index in [0.717, 1.165) is 11.3 Å². The molecule has 0 aliphatic heterocycles. The van der Waals surface area contributed by atoms with Gasteiger partial charge in [0.25, 0.3) is 0 Å². The molecule has 1 rings (SSSR count). The molecule has 94 valence electrons. The van der Waals surface area contributed by atoms with Crippen molar-refractivity contribution in [3.63, 3.8) is 0 Å². The lowest BCUT2D eigenvalue weighted by atomic mass is 9.86. The minimum Gasteiger partial charge on any atom is -0.496 e. The first-order chi connectivity index (χ1) is 8.07. The highest BCUT2D eigenvalue weighted by atomic mass is 16.5. The van der Waals surface area contributed by atoms with E-state index in [1.54, 1.807) is 7.11 Å². The monoisotopic (exact) mass is 235 g/mol. The number of carbonyl (C=O) groups is 1. The maximum atomic E-state index is 12.2. The molecular weight excluding hydrogens is 214 g/mol. The Morgan fingerprint density at radius 1 is 1.29 bits per heavy atom. The van der Waals surface area contributed by atoms with Crippen LogP contribution in [0.1, 0.15) is 32.3 Å². The van der Waals surface area contributed by atoms with Crippen LogP contribution in [0.25, 0.3) is 0 Å². The molecule has 1 aromatic rings. The molecule has 1 aromatic carbocycles. The standard InChI is InChI=1S/C14H21NO2/c1-4-14(15,5-2)13(16)10-11-8-6-7-9-12(11)17-3/h6-9H,4-5,10,15H2,1-3H3. The van der Waals surface area contributed by atoms with Crippen molar-refractivity contribution < 1.29 is 9.53 Å². The van der Waals surface area contributed by atoms with Gasteiger partial charge in [-0.3, -0.25) is 4.79 Å². The molecule has 0 atom stereocenters. The predicted molar refractivity (Wildman–Crippen MR) is 69.2 cm³/mol. The number of Topliss-reactive ketones (excluding diaryl/α,β-unsaturated/α-hetero) is 1. The molecule has 0 fully saturated rings. The van der Waals surface area contributed by atoms with Crippen LogP contribution in [0, 0.1) is 0 Å². The van der Waals surface area contributed by atoms with E-state index >= 15 is 0 Å². The first-order valence-corrected chi connectivity index (χ1v) is 6.01. The van der Waals surface area contributed by atoms with Gasteiger partial charge < -0.3 is 10.5 Å². The molecule has 17 heavy (non-hydrogen) atoms. The first kappa shape index (κ1) is 13.7. The number of hydrogen-bond acceptors (Lipinski definition) is 3. The zero-order valence-electron chi connectivity index (χ0n) is 10.8. The van der Waals surface area contributed by atoms with Gasteiger partial charge in [0, 0.05) is 12.0 Å². The second-order valence-electron chi connectivity index (χ2n) is 4.28. The summed E-state index contributed by atoms with van der Waals surface area (Å²) in [5.41, 5.74) is 6.28. The number of nitrogens with two attached hydrogens (primary N) is 1. The maximum absolute atomic E-state index is 12.2. The molecule has 0 aliphatic rings. The molecule has 0 unspecified atom stereocenters. The van der Waals surface area contributed by atoms with Gasteiger partial charge in [0.1, 0.15) is 5.75 Å². The van der Waals surface area contributed by atoms with Crippen molar-refractivity contribution >= 4 is 5.78 Å². The van der Waals surface area contributed by atoms with Crippen LogP contribution in [0.5, 0.6) is 5.75 Å². The van der Waals surface area contributed by atoms with E-state index in [1.807, 2.05) is 38.1 Å².